The zero-order valence-corrected chi connectivity index (χ0v) is 10.4. The number of hydrogen-bond donors (Lipinski definition) is 0. The molecule has 0 amide bonds. The predicted molar refractivity (Wildman–Crippen MR) is 69.8 cm³/mol. The molecule has 17 heavy (non-hydrogen) atoms. The van der Waals surface area contributed by atoms with Crippen LogP contribution in [0.1, 0.15) is 27.0 Å². The standard InChI is InChI=1S/C15H11ClO/c1-8-6-7-11-13(9(8)2)14-10(15(11)17)4-3-5-12(14)16/h3-7H,1-2H3. The van der Waals surface area contributed by atoms with E-state index in [4.69, 9.17) is 11.6 Å². The van der Waals surface area contributed by atoms with Crippen LogP contribution in [0.2, 0.25) is 5.02 Å². The van der Waals surface area contributed by atoms with Crippen molar-refractivity contribution in [2.75, 3.05) is 0 Å². The molecule has 0 bridgehead atoms. The highest BCUT2D eigenvalue weighted by Gasteiger charge is 2.29. The third kappa shape index (κ3) is 1.29. The summed E-state index contributed by atoms with van der Waals surface area (Å²) in [6, 6.07) is 9.40. The minimum Gasteiger partial charge on any atom is -0.289 e. The maximum atomic E-state index is 12.2. The summed E-state index contributed by atoms with van der Waals surface area (Å²) >= 11 is 6.23. The molecule has 0 heterocycles. The highest BCUT2D eigenvalue weighted by Crippen LogP contribution is 2.43. The number of fused-ring (bicyclic) bond motifs is 3. The van der Waals surface area contributed by atoms with Crippen LogP contribution in [0, 0.1) is 13.8 Å². The highest BCUT2D eigenvalue weighted by atomic mass is 35.5. The van der Waals surface area contributed by atoms with Crippen LogP contribution in [0.25, 0.3) is 11.1 Å². The van der Waals surface area contributed by atoms with Gasteiger partial charge in [-0.2, -0.15) is 0 Å². The fourth-order valence-corrected chi connectivity index (χ4v) is 2.71. The molecule has 0 saturated carbocycles. The van der Waals surface area contributed by atoms with Gasteiger partial charge in [-0.05, 0) is 36.6 Å². The molecule has 3 rings (SSSR count). The molecule has 2 aromatic carbocycles. The maximum Gasteiger partial charge on any atom is 0.194 e. The van der Waals surface area contributed by atoms with Gasteiger partial charge >= 0.3 is 0 Å². The summed E-state index contributed by atoms with van der Waals surface area (Å²) in [4.78, 5) is 12.2. The maximum absolute atomic E-state index is 12.2. The Morgan fingerprint density at radius 2 is 1.65 bits per heavy atom. The first-order valence-corrected chi connectivity index (χ1v) is 5.93. The molecule has 1 aliphatic rings. The Balaban J connectivity index is 2.48. The summed E-state index contributed by atoms with van der Waals surface area (Å²) in [5.74, 6) is 0.0839. The molecule has 0 N–H and O–H groups in total. The quantitative estimate of drug-likeness (QED) is 0.578. The van der Waals surface area contributed by atoms with Crippen LogP contribution in [-0.4, -0.2) is 5.78 Å². The molecule has 0 fully saturated rings. The fourth-order valence-electron chi connectivity index (χ4n) is 2.44. The van der Waals surface area contributed by atoms with Crippen molar-refractivity contribution in [1.29, 1.82) is 0 Å². The lowest BCUT2D eigenvalue weighted by Crippen LogP contribution is -1.95. The van der Waals surface area contributed by atoms with Crippen molar-refractivity contribution in [3.05, 3.63) is 57.6 Å². The van der Waals surface area contributed by atoms with Crippen molar-refractivity contribution in [3.8, 4) is 11.1 Å². The summed E-state index contributed by atoms with van der Waals surface area (Å²) in [6.45, 7) is 4.09. The van der Waals surface area contributed by atoms with Crippen molar-refractivity contribution >= 4 is 17.4 Å². The van der Waals surface area contributed by atoms with Crippen LogP contribution in [0.5, 0.6) is 0 Å². The van der Waals surface area contributed by atoms with E-state index in [0.29, 0.717) is 5.02 Å². The van der Waals surface area contributed by atoms with Gasteiger partial charge in [0.25, 0.3) is 0 Å². The zero-order valence-electron chi connectivity index (χ0n) is 9.67. The second-order valence-corrected chi connectivity index (χ2v) is 4.83. The van der Waals surface area contributed by atoms with Crippen molar-refractivity contribution < 1.29 is 4.79 Å². The second kappa shape index (κ2) is 3.44. The lowest BCUT2D eigenvalue weighted by atomic mass is 9.97. The Morgan fingerprint density at radius 3 is 2.41 bits per heavy atom. The van der Waals surface area contributed by atoms with Crippen LogP contribution < -0.4 is 0 Å². The first-order valence-electron chi connectivity index (χ1n) is 5.55. The Labute approximate surface area is 105 Å². The summed E-state index contributed by atoms with van der Waals surface area (Å²) in [5, 5.41) is 0.656. The van der Waals surface area contributed by atoms with E-state index >= 15 is 0 Å². The predicted octanol–water partition coefficient (Wildman–Crippen LogP) is 4.17. The first-order chi connectivity index (χ1) is 8.11. The number of carbonyl (C=O) groups excluding carboxylic acids is 1. The molecular formula is C15H11ClO. The van der Waals surface area contributed by atoms with Gasteiger partial charge < -0.3 is 0 Å². The van der Waals surface area contributed by atoms with Gasteiger partial charge in [-0.25, -0.2) is 0 Å². The summed E-state index contributed by atoms with van der Waals surface area (Å²) in [7, 11) is 0. The third-order valence-electron chi connectivity index (χ3n) is 3.49. The summed E-state index contributed by atoms with van der Waals surface area (Å²) in [5.41, 5.74) is 5.73. The molecule has 0 radical (unpaired) electrons. The number of rotatable bonds is 0. The number of hydrogen-bond acceptors (Lipinski definition) is 1. The normalized spacial score (nSPS) is 12.5. The molecule has 1 nitrogen and oxygen atoms in total. The zero-order chi connectivity index (χ0) is 12.2. The van der Waals surface area contributed by atoms with Crippen LogP contribution in [0.15, 0.2) is 30.3 Å². The minimum absolute atomic E-state index is 0.0839. The number of benzene rings is 2. The molecule has 84 valence electrons. The Hall–Kier alpha value is -1.60. The molecule has 2 aromatic rings. The molecule has 0 spiro atoms. The van der Waals surface area contributed by atoms with E-state index in [9.17, 15) is 4.79 Å². The SMILES string of the molecule is Cc1ccc2c(c1C)-c1c(Cl)cccc1C2=O. The fraction of sp³-hybridized carbons (Fsp3) is 0.133. The summed E-state index contributed by atoms with van der Waals surface area (Å²) < 4.78 is 0. The summed E-state index contributed by atoms with van der Waals surface area (Å²) in [6.07, 6.45) is 0. The second-order valence-electron chi connectivity index (χ2n) is 4.42. The van der Waals surface area contributed by atoms with Crippen LogP contribution in [0.3, 0.4) is 0 Å². The third-order valence-corrected chi connectivity index (χ3v) is 3.80. The Kier molecular flexibility index (Phi) is 2.14. The minimum atomic E-state index is 0.0839. The molecule has 0 saturated heterocycles. The lowest BCUT2D eigenvalue weighted by molar-refractivity contribution is 0.104. The van der Waals surface area contributed by atoms with Gasteiger partial charge in [0.05, 0.1) is 0 Å². The van der Waals surface area contributed by atoms with E-state index in [1.165, 1.54) is 5.56 Å². The molecule has 2 heteroatoms. The van der Waals surface area contributed by atoms with Crippen LogP contribution >= 0.6 is 11.6 Å². The topological polar surface area (TPSA) is 17.1 Å². The molecule has 0 aromatic heterocycles. The van der Waals surface area contributed by atoms with Crippen LogP contribution in [-0.2, 0) is 0 Å². The first kappa shape index (κ1) is 10.5. The largest absolute Gasteiger partial charge is 0.289 e. The van der Waals surface area contributed by atoms with Gasteiger partial charge in [0.2, 0.25) is 0 Å². The smallest absolute Gasteiger partial charge is 0.194 e. The Morgan fingerprint density at radius 1 is 0.941 bits per heavy atom. The molecular weight excluding hydrogens is 232 g/mol. The van der Waals surface area contributed by atoms with E-state index < -0.39 is 0 Å². The lowest BCUT2D eigenvalue weighted by Gasteiger charge is -2.08. The van der Waals surface area contributed by atoms with E-state index in [1.54, 1.807) is 0 Å². The van der Waals surface area contributed by atoms with E-state index in [-0.39, 0.29) is 5.78 Å². The number of aryl methyl sites for hydroxylation is 1. The van der Waals surface area contributed by atoms with Crippen molar-refractivity contribution in [3.63, 3.8) is 0 Å². The van der Waals surface area contributed by atoms with Crippen molar-refractivity contribution in [2.24, 2.45) is 0 Å². The number of ketones is 1. The monoisotopic (exact) mass is 242 g/mol. The molecule has 0 aliphatic heterocycles. The van der Waals surface area contributed by atoms with E-state index in [0.717, 1.165) is 27.8 Å². The van der Waals surface area contributed by atoms with Gasteiger partial charge in [-0.15, -0.1) is 0 Å². The van der Waals surface area contributed by atoms with Gasteiger partial charge in [-0.3, -0.25) is 4.79 Å². The van der Waals surface area contributed by atoms with Gasteiger partial charge in [-0.1, -0.05) is 35.9 Å². The molecule has 1 aliphatic carbocycles. The molecule has 0 atom stereocenters. The van der Waals surface area contributed by atoms with Crippen molar-refractivity contribution in [1.82, 2.24) is 0 Å². The molecule has 0 unspecified atom stereocenters. The van der Waals surface area contributed by atoms with E-state index in [2.05, 4.69) is 6.92 Å². The van der Waals surface area contributed by atoms with Gasteiger partial charge in [0.15, 0.2) is 5.78 Å². The number of halogens is 1. The highest BCUT2D eigenvalue weighted by molar-refractivity contribution is 6.37. The van der Waals surface area contributed by atoms with Crippen molar-refractivity contribution in [2.45, 2.75) is 13.8 Å². The average molecular weight is 243 g/mol. The number of carbonyl (C=O) groups is 1. The van der Waals surface area contributed by atoms with Crippen LogP contribution in [0.4, 0.5) is 0 Å². The van der Waals surface area contributed by atoms with E-state index in [1.807, 2.05) is 37.3 Å². The average Bonchev–Trinajstić information content (AvgIpc) is 2.60. The Bertz CT molecular complexity index is 656. The van der Waals surface area contributed by atoms with Gasteiger partial charge in [0.1, 0.15) is 0 Å². The van der Waals surface area contributed by atoms with Gasteiger partial charge in [0, 0.05) is 21.7 Å².